The van der Waals surface area contributed by atoms with Gasteiger partial charge in [0.1, 0.15) is 5.71 Å². The molecule has 0 aromatic heterocycles. The van der Waals surface area contributed by atoms with Gasteiger partial charge in [-0.1, -0.05) is 47.2 Å². The van der Waals surface area contributed by atoms with Crippen LogP contribution in [0.15, 0.2) is 93.8 Å². The summed E-state index contributed by atoms with van der Waals surface area (Å²) >= 11 is 1.46. The van der Waals surface area contributed by atoms with E-state index in [4.69, 9.17) is 9.05 Å². The van der Waals surface area contributed by atoms with Crippen molar-refractivity contribution in [2.45, 2.75) is 30.6 Å². The van der Waals surface area contributed by atoms with Gasteiger partial charge < -0.3 is 13.9 Å². The Morgan fingerprint density at radius 3 is 1.76 bits per heavy atom. The molecular formula is C28H28NO7PS. The third-order valence-electron chi connectivity index (χ3n) is 5.05. The second-order valence-electron chi connectivity index (χ2n) is 7.90. The van der Waals surface area contributed by atoms with E-state index in [1.54, 1.807) is 62.4 Å². The zero-order chi connectivity index (χ0) is 27.5. The van der Waals surface area contributed by atoms with Crippen molar-refractivity contribution in [2.75, 3.05) is 19.4 Å². The van der Waals surface area contributed by atoms with Gasteiger partial charge in [-0.2, -0.15) is 0 Å². The summed E-state index contributed by atoms with van der Waals surface area (Å²) in [6.45, 7) is 4.68. The Morgan fingerprint density at radius 2 is 1.26 bits per heavy atom. The quantitative estimate of drug-likeness (QED) is 0.0783. The second-order valence-corrected chi connectivity index (χ2v) is 11.1. The number of oxime groups is 1. The molecule has 0 saturated heterocycles. The lowest BCUT2D eigenvalue weighted by Gasteiger charge is -2.17. The van der Waals surface area contributed by atoms with Gasteiger partial charge in [0.05, 0.1) is 19.4 Å². The monoisotopic (exact) mass is 553 g/mol. The highest BCUT2D eigenvalue weighted by Gasteiger charge is 2.31. The smallest absolute Gasteiger partial charge is 0.318 e. The minimum absolute atomic E-state index is 0.0468. The Hall–Kier alpha value is -3.36. The number of benzene rings is 3. The molecule has 3 rings (SSSR count). The molecule has 0 amide bonds. The first-order valence-corrected chi connectivity index (χ1v) is 14.4. The number of rotatable bonds is 13. The second kappa shape index (κ2) is 14.0. The topological polar surface area (TPSA) is 108 Å². The maximum absolute atomic E-state index is 13.1. The predicted molar refractivity (Wildman–Crippen MR) is 146 cm³/mol. The van der Waals surface area contributed by atoms with Crippen LogP contribution in [0, 0.1) is 0 Å². The van der Waals surface area contributed by atoms with Crippen LogP contribution in [0.25, 0.3) is 0 Å². The molecule has 10 heteroatoms. The van der Waals surface area contributed by atoms with Crippen molar-refractivity contribution in [3.63, 3.8) is 0 Å². The van der Waals surface area contributed by atoms with Crippen LogP contribution in [0.5, 0.6) is 0 Å². The van der Waals surface area contributed by atoms with Crippen molar-refractivity contribution < 1.29 is 32.8 Å². The van der Waals surface area contributed by atoms with Gasteiger partial charge in [0, 0.05) is 33.4 Å². The summed E-state index contributed by atoms with van der Waals surface area (Å²) in [7, 11) is -3.67. The third-order valence-corrected chi connectivity index (χ3v) is 8.05. The van der Waals surface area contributed by atoms with Crippen LogP contribution in [0.2, 0.25) is 0 Å². The average Bonchev–Trinajstić information content (AvgIpc) is 2.92. The maximum atomic E-state index is 13.1. The molecule has 0 aliphatic rings. The standard InChI is InChI=1S/C28H28NO7PS/c1-4-34-37(33,35-5-2)19-26(29-36-20(3)30)28(32)23-13-17-25(18-14-23)38-24-15-11-22(12-16-24)27(31)21-9-7-6-8-10-21/h6-18H,4-5,19H2,1-3H3/b29-26+. The lowest BCUT2D eigenvalue weighted by molar-refractivity contribution is -0.140. The van der Waals surface area contributed by atoms with Crippen molar-refractivity contribution in [1.82, 2.24) is 0 Å². The zero-order valence-corrected chi connectivity index (χ0v) is 23.0. The van der Waals surface area contributed by atoms with Gasteiger partial charge in [-0.15, -0.1) is 0 Å². The van der Waals surface area contributed by atoms with Crippen LogP contribution in [-0.2, 0) is 23.2 Å². The summed E-state index contributed by atoms with van der Waals surface area (Å²) in [5.74, 6) is -1.33. The van der Waals surface area contributed by atoms with Crippen molar-refractivity contribution in [2.24, 2.45) is 5.16 Å². The van der Waals surface area contributed by atoms with Crippen molar-refractivity contribution in [1.29, 1.82) is 0 Å². The Kier molecular flexibility index (Phi) is 10.7. The molecule has 0 bridgehead atoms. The van der Waals surface area contributed by atoms with Gasteiger partial charge in [0.2, 0.25) is 5.78 Å². The van der Waals surface area contributed by atoms with Crippen LogP contribution in [0.4, 0.5) is 0 Å². The fourth-order valence-corrected chi connectivity index (χ4v) is 5.80. The van der Waals surface area contributed by atoms with E-state index in [1.807, 2.05) is 30.3 Å². The van der Waals surface area contributed by atoms with Crippen LogP contribution in [0.1, 0.15) is 47.1 Å². The van der Waals surface area contributed by atoms with Gasteiger partial charge in [0.25, 0.3) is 0 Å². The van der Waals surface area contributed by atoms with Crippen molar-refractivity contribution in [3.8, 4) is 0 Å². The van der Waals surface area contributed by atoms with E-state index >= 15 is 0 Å². The molecule has 0 saturated carbocycles. The molecule has 38 heavy (non-hydrogen) atoms. The minimum Gasteiger partial charge on any atom is -0.318 e. The van der Waals surface area contributed by atoms with E-state index in [9.17, 15) is 18.9 Å². The molecule has 3 aromatic rings. The first-order valence-electron chi connectivity index (χ1n) is 11.9. The summed E-state index contributed by atoms with van der Waals surface area (Å²) in [6, 6.07) is 23.1. The normalized spacial score (nSPS) is 11.7. The van der Waals surface area contributed by atoms with Gasteiger partial charge in [-0.3, -0.25) is 14.2 Å². The highest BCUT2D eigenvalue weighted by molar-refractivity contribution is 7.99. The van der Waals surface area contributed by atoms with Crippen molar-refractivity contribution >= 4 is 42.6 Å². The third kappa shape index (κ3) is 8.33. The number of hydrogen-bond acceptors (Lipinski definition) is 9. The number of ketones is 2. The molecule has 0 fully saturated rings. The Labute approximate surface area is 225 Å². The van der Waals surface area contributed by atoms with Crippen LogP contribution in [0.3, 0.4) is 0 Å². The average molecular weight is 554 g/mol. The number of carbonyl (C=O) groups excluding carboxylic acids is 3. The maximum Gasteiger partial charge on any atom is 0.336 e. The van der Waals surface area contributed by atoms with Crippen LogP contribution < -0.4 is 0 Å². The summed E-state index contributed by atoms with van der Waals surface area (Å²) in [5.41, 5.74) is 1.24. The summed E-state index contributed by atoms with van der Waals surface area (Å²) in [6.07, 6.45) is -0.439. The molecule has 198 valence electrons. The Balaban J connectivity index is 1.73. The Morgan fingerprint density at radius 1 is 0.763 bits per heavy atom. The molecule has 8 nitrogen and oxygen atoms in total. The van der Waals surface area contributed by atoms with E-state index in [0.717, 1.165) is 16.7 Å². The molecule has 0 aliphatic heterocycles. The highest BCUT2D eigenvalue weighted by Crippen LogP contribution is 2.48. The Bertz CT molecular complexity index is 1330. The molecule has 0 unspecified atom stereocenters. The summed E-state index contributed by atoms with van der Waals surface area (Å²) in [4.78, 5) is 43.5. The van der Waals surface area contributed by atoms with Crippen LogP contribution in [-0.4, -0.2) is 42.6 Å². The number of hydrogen-bond donors (Lipinski definition) is 0. The molecule has 0 radical (unpaired) electrons. The number of Topliss-reactive ketones (excluding diaryl/α,β-unsaturated/α-hetero) is 1. The van der Waals surface area contributed by atoms with E-state index in [2.05, 4.69) is 9.99 Å². The van der Waals surface area contributed by atoms with E-state index in [-0.39, 0.29) is 30.3 Å². The number of nitrogens with zero attached hydrogens (tertiary/aromatic N) is 1. The first kappa shape index (κ1) is 29.2. The molecular weight excluding hydrogens is 525 g/mol. The summed E-state index contributed by atoms with van der Waals surface area (Å²) < 4.78 is 23.5. The predicted octanol–water partition coefficient (Wildman–Crippen LogP) is 6.44. The SMILES string of the molecule is CCOP(=O)(C/C(=N\OC(C)=O)C(=O)c1ccc(Sc2ccc(C(=O)c3ccccc3)cc2)cc1)OCC. The van der Waals surface area contributed by atoms with Crippen molar-refractivity contribution in [3.05, 3.63) is 95.6 Å². The lowest BCUT2D eigenvalue weighted by atomic mass is 10.0. The fraction of sp³-hybridized carbons (Fsp3) is 0.214. The molecule has 0 aliphatic carbocycles. The number of carbonyl (C=O) groups is 3. The van der Waals surface area contributed by atoms with E-state index in [1.165, 1.54) is 11.8 Å². The molecule has 3 aromatic carbocycles. The lowest BCUT2D eigenvalue weighted by Crippen LogP contribution is -2.21. The highest BCUT2D eigenvalue weighted by atomic mass is 32.2. The molecule has 0 spiro atoms. The van der Waals surface area contributed by atoms with E-state index < -0.39 is 25.5 Å². The first-order chi connectivity index (χ1) is 18.2. The fourth-order valence-electron chi connectivity index (χ4n) is 3.37. The van der Waals surface area contributed by atoms with Gasteiger partial charge in [-0.25, -0.2) is 4.79 Å². The van der Waals surface area contributed by atoms with Gasteiger partial charge in [-0.05, 0) is 62.4 Å². The summed E-state index contributed by atoms with van der Waals surface area (Å²) in [5, 5.41) is 3.64. The largest absolute Gasteiger partial charge is 0.336 e. The zero-order valence-electron chi connectivity index (χ0n) is 21.3. The van der Waals surface area contributed by atoms with Gasteiger partial charge >= 0.3 is 13.6 Å². The molecule has 0 atom stereocenters. The van der Waals surface area contributed by atoms with Gasteiger partial charge in [0.15, 0.2) is 5.78 Å². The molecule has 0 heterocycles. The molecule has 0 N–H and O–H groups in total. The van der Waals surface area contributed by atoms with Crippen LogP contribution >= 0.6 is 19.4 Å². The van der Waals surface area contributed by atoms with E-state index in [0.29, 0.717) is 11.1 Å². The minimum atomic E-state index is -3.67.